The molecule has 1 fully saturated rings. The topological polar surface area (TPSA) is 44.8 Å². The summed E-state index contributed by atoms with van der Waals surface area (Å²) in [6.45, 7) is 7.23. The van der Waals surface area contributed by atoms with Crippen LogP contribution in [0.1, 0.15) is 27.7 Å². The van der Waals surface area contributed by atoms with Crippen molar-refractivity contribution in [2.45, 2.75) is 38.9 Å². The molecule has 1 rings (SSSR count). The van der Waals surface area contributed by atoms with Gasteiger partial charge in [0.05, 0.1) is 0 Å². The highest BCUT2D eigenvalue weighted by Gasteiger charge is 2.55. The predicted octanol–water partition coefficient (Wildman–Crippen LogP) is 1.05. The summed E-state index contributed by atoms with van der Waals surface area (Å²) >= 11 is 0. The maximum Gasteiger partial charge on any atom is 0.302 e. The standard InChI is InChI=1S/C8H14O4/c1-6(9)10-5-8(4)7(2,3)11-12-8/h5H2,1-4H3. The summed E-state index contributed by atoms with van der Waals surface area (Å²) in [5.74, 6) is -0.303. The summed E-state index contributed by atoms with van der Waals surface area (Å²) in [6, 6.07) is 0. The van der Waals surface area contributed by atoms with Crippen LogP contribution in [0.4, 0.5) is 0 Å². The third-order valence-electron chi connectivity index (χ3n) is 2.26. The second-order valence-electron chi connectivity index (χ2n) is 3.69. The van der Waals surface area contributed by atoms with Crippen molar-refractivity contribution in [1.82, 2.24) is 0 Å². The van der Waals surface area contributed by atoms with E-state index in [2.05, 4.69) is 0 Å². The minimum atomic E-state index is -0.515. The van der Waals surface area contributed by atoms with Crippen molar-refractivity contribution in [2.75, 3.05) is 6.61 Å². The summed E-state index contributed by atoms with van der Waals surface area (Å²) < 4.78 is 4.84. The molecule has 4 heteroatoms. The Bertz CT molecular complexity index is 199. The Morgan fingerprint density at radius 1 is 1.33 bits per heavy atom. The molecule has 0 amide bonds. The first-order valence-corrected chi connectivity index (χ1v) is 3.88. The van der Waals surface area contributed by atoms with Crippen LogP contribution in [0, 0.1) is 0 Å². The number of esters is 1. The van der Waals surface area contributed by atoms with Crippen LogP contribution in [0.3, 0.4) is 0 Å². The Kier molecular flexibility index (Phi) is 2.14. The fourth-order valence-corrected chi connectivity index (χ4v) is 0.788. The quantitative estimate of drug-likeness (QED) is 0.463. The van der Waals surface area contributed by atoms with E-state index in [-0.39, 0.29) is 18.2 Å². The van der Waals surface area contributed by atoms with Gasteiger partial charge in [0.2, 0.25) is 0 Å². The van der Waals surface area contributed by atoms with Crippen LogP contribution in [0.25, 0.3) is 0 Å². The van der Waals surface area contributed by atoms with Crippen LogP contribution in [0.2, 0.25) is 0 Å². The maximum atomic E-state index is 10.5. The van der Waals surface area contributed by atoms with Crippen molar-refractivity contribution in [3.05, 3.63) is 0 Å². The third kappa shape index (κ3) is 1.44. The van der Waals surface area contributed by atoms with Crippen molar-refractivity contribution in [3.8, 4) is 0 Å². The minimum absolute atomic E-state index is 0.231. The molecule has 12 heavy (non-hydrogen) atoms. The molecule has 0 aromatic rings. The zero-order valence-electron chi connectivity index (χ0n) is 7.84. The molecule has 0 aliphatic carbocycles. The van der Waals surface area contributed by atoms with Crippen LogP contribution in [0.15, 0.2) is 0 Å². The SMILES string of the molecule is CC(=O)OCC1(C)OOC1(C)C. The van der Waals surface area contributed by atoms with Gasteiger partial charge in [-0.15, -0.1) is 0 Å². The average molecular weight is 174 g/mol. The molecule has 0 saturated carbocycles. The van der Waals surface area contributed by atoms with Gasteiger partial charge in [-0.3, -0.25) is 4.79 Å². The first-order valence-electron chi connectivity index (χ1n) is 3.88. The van der Waals surface area contributed by atoms with Gasteiger partial charge in [-0.05, 0) is 20.8 Å². The van der Waals surface area contributed by atoms with E-state index < -0.39 is 5.60 Å². The lowest BCUT2D eigenvalue weighted by molar-refractivity contribution is -0.543. The van der Waals surface area contributed by atoms with Gasteiger partial charge in [-0.25, -0.2) is 9.78 Å². The summed E-state index contributed by atoms with van der Waals surface area (Å²) in [4.78, 5) is 20.3. The van der Waals surface area contributed by atoms with Gasteiger partial charge in [0.15, 0.2) is 5.60 Å². The van der Waals surface area contributed by atoms with Gasteiger partial charge in [0.25, 0.3) is 0 Å². The van der Waals surface area contributed by atoms with E-state index in [0.29, 0.717) is 0 Å². The molecule has 1 aliphatic rings. The third-order valence-corrected chi connectivity index (χ3v) is 2.26. The van der Waals surface area contributed by atoms with Crippen LogP contribution >= 0.6 is 0 Å². The molecule has 1 unspecified atom stereocenters. The maximum absolute atomic E-state index is 10.5. The van der Waals surface area contributed by atoms with Crippen molar-refractivity contribution < 1.29 is 19.3 Å². The molecule has 1 heterocycles. The Morgan fingerprint density at radius 3 is 2.17 bits per heavy atom. The first-order chi connectivity index (χ1) is 5.37. The molecule has 0 radical (unpaired) electrons. The largest absolute Gasteiger partial charge is 0.463 e. The number of ether oxygens (including phenoxy) is 1. The van der Waals surface area contributed by atoms with Crippen LogP contribution in [-0.2, 0) is 19.3 Å². The lowest BCUT2D eigenvalue weighted by atomic mass is 9.86. The zero-order valence-corrected chi connectivity index (χ0v) is 7.84. The van der Waals surface area contributed by atoms with E-state index in [1.165, 1.54) is 6.92 Å². The number of rotatable bonds is 2. The fraction of sp³-hybridized carbons (Fsp3) is 0.875. The minimum Gasteiger partial charge on any atom is -0.463 e. The Morgan fingerprint density at radius 2 is 1.92 bits per heavy atom. The van der Waals surface area contributed by atoms with Crippen molar-refractivity contribution in [3.63, 3.8) is 0 Å². The van der Waals surface area contributed by atoms with Gasteiger partial charge < -0.3 is 4.74 Å². The highest BCUT2D eigenvalue weighted by Crippen LogP contribution is 2.39. The number of hydrogen-bond acceptors (Lipinski definition) is 4. The van der Waals surface area contributed by atoms with Gasteiger partial charge in [-0.2, -0.15) is 0 Å². The van der Waals surface area contributed by atoms with E-state index >= 15 is 0 Å². The Labute approximate surface area is 71.7 Å². The number of carbonyl (C=O) groups is 1. The highest BCUT2D eigenvalue weighted by molar-refractivity contribution is 5.65. The van der Waals surface area contributed by atoms with Crippen molar-refractivity contribution in [2.24, 2.45) is 0 Å². The van der Waals surface area contributed by atoms with E-state index in [1.54, 1.807) is 0 Å². The molecular weight excluding hydrogens is 160 g/mol. The molecule has 0 spiro atoms. The molecule has 4 nitrogen and oxygen atoms in total. The predicted molar refractivity (Wildman–Crippen MR) is 41.3 cm³/mol. The molecule has 1 atom stereocenters. The van der Waals surface area contributed by atoms with Gasteiger partial charge in [-0.1, -0.05) is 0 Å². The molecule has 0 aromatic heterocycles. The smallest absolute Gasteiger partial charge is 0.302 e. The number of carbonyl (C=O) groups excluding carboxylic acids is 1. The monoisotopic (exact) mass is 174 g/mol. The van der Waals surface area contributed by atoms with Crippen LogP contribution < -0.4 is 0 Å². The van der Waals surface area contributed by atoms with Crippen molar-refractivity contribution in [1.29, 1.82) is 0 Å². The van der Waals surface area contributed by atoms with Gasteiger partial charge in [0, 0.05) is 6.92 Å². The Balaban J connectivity index is 2.46. The summed E-state index contributed by atoms with van der Waals surface area (Å²) in [5.41, 5.74) is -0.902. The first kappa shape index (κ1) is 9.48. The van der Waals surface area contributed by atoms with Crippen molar-refractivity contribution >= 4 is 5.97 Å². The van der Waals surface area contributed by atoms with E-state index in [4.69, 9.17) is 14.5 Å². The van der Waals surface area contributed by atoms with Crippen LogP contribution in [-0.4, -0.2) is 23.8 Å². The molecule has 0 bridgehead atoms. The summed E-state index contributed by atoms with van der Waals surface area (Å²) in [6.07, 6.45) is 0. The van der Waals surface area contributed by atoms with E-state index in [9.17, 15) is 4.79 Å². The summed E-state index contributed by atoms with van der Waals surface area (Å²) in [7, 11) is 0. The molecule has 0 N–H and O–H groups in total. The zero-order chi connectivity index (χ0) is 9.41. The van der Waals surface area contributed by atoms with Gasteiger partial charge in [0.1, 0.15) is 12.2 Å². The molecule has 1 saturated heterocycles. The second-order valence-corrected chi connectivity index (χ2v) is 3.69. The fourth-order valence-electron chi connectivity index (χ4n) is 0.788. The van der Waals surface area contributed by atoms with E-state index in [0.717, 1.165) is 0 Å². The lowest BCUT2D eigenvalue weighted by Crippen LogP contribution is -2.64. The lowest BCUT2D eigenvalue weighted by Gasteiger charge is -2.50. The molecular formula is C8H14O4. The molecule has 1 aliphatic heterocycles. The molecule has 70 valence electrons. The summed E-state index contributed by atoms with van der Waals surface area (Å²) in [5, 5.41) is 0. The second kappa shape index (κ2) is 2.71. The normalized spacial score (nSPS) is 32.3. The van der Waals surface area contributed by atoms with Gasteiger partial charge >= 0.3 is 5.97 Å². The van der Waals surface area contributed by atoms with E-state index in [1.807, 2.05) is 20.8 Å². The molecule has 0 aromatic carbocycles. The number of hydrogen-bond donors (Lipinski definition) is 0. The van der Waals surface area contributed by atoms with Crippen LogP contribution in [0.5, 0.6) is 0 Å². The highest BCUT2D eigenvalue weighted by atomic mass is 17.3. The Hall–Kier alpha value is -0.610. The average Bonchev–Trinajstić information content (AvgIpc) is 1.98.